The van der Waals surface area contributed by atoms with E-state index in [0.717, 1.165) is 4.70 Å². The van der Waals surface area contributed by atoms with Gasteiger partial charge in [-0.1, -0.05) is 34.5 Å². The number of ether oxygens (including phenoxy) is 1. The normalized spacial score (nSPS) is 10.7. The third kappa shape index (κ3) is 3.85. The lowest BCUT2D eigenvalue weighted by Crippen LogP contribution is -2.20. The Hall–Kier alpha value is -2.02. The van der Waals surface area contributed by atoms with E-state index in [-0.39, 0.29) is 12.5 Å². The van der Waals surface area contributed by atoms with Gasteiger partial charge in [0.15, 0.2) is 11.7 Å². The Labute approximate surface area is 146 Å². The highest BCUT2D eigenvalue weighted by atomic mass is 35.5. The van der Waals surface area contributed by atoms with Gasteiger partial charge in [-0.25, -0.2) is 4.98 Å². The van der Waals surface area contributed by atoms with E-state index in [0.29, 0.717) is 32.1 Å². The van der Waals surface area contributed by atoms with E-state index < -0.39 is 0 Å². The monoisotopic (exact) mass is 367 g/mol. The molecule has 3 rings (SSSR count). The fourth-order valence-corrected chi connectivity index (χ4v) is 3.20. The molecule has 0 aliphatic carbocycles. The van der Waals surface area contributed by atoms with Gasteiger partial charge in [0.2, 0.25) is 0 Å². The highest BCUT2D eigenvalue weighted by molar-refractivity contribution is 7.22. The van der Waals surface area contributed by atoms with Crippen molar-refractivity contribution >= 4 is 61.5 Å². The zero-order valence-corrected chi connectivity index (χ0v) is 14.0. The average Bonchev–Trinajstić information content (AvgIpc) is 2.88. The van der Waals surface area contributed by atoms with Gasteiger partial charge < -0.3 is 15.8 Å². The number of carbonyl (C=O) groups excluding carboxylic acids is 1. The topological polar surface area (TPSA) is 77.2 Å². The van der Waals surface area contributed by atoms with Crippen molar-refractivity contribution in [3.63, 3.8) is 0 Å². The number of nitrogen functional groups attached to an aromatic ring is 1. The minimum absolute atomic E-state index is 0.123. The van der Waals surface area contributed by atoms with Crippen molar-refractivity contribution in [2.45, 2.75) is 0 Å². The molecule has 23 heavy (non-hydrogen) atoms. The van der Waals surface area contributed by atoms with Crippen LogP contribution >= 0.6 is 34.5 Å². The third-order valence-corrected chi connectivity index (χ3v) is 4.30. The number of nitrogens with zero attached hydrogens (tertiary/aromatic N) is 1. The van der Waals surface area contributed by atoms with Crippen molar-refractivity contribution in [3.8, 4) is 5.75 Å². The molecule has 3 N–H and O–H groups in total. The molecular weight excluding hydrogens is 357 g/mol. The van der Waals surface area contributed by atoms with Gasteiger partial charge in [-0.3, -0.25) is 4.79 Å². The fraction of sp³-hybridized carbons (Fsp3) is 0.0667. The van der Waals surface area contributed by atoms with Crippen molar-refractivity contribution in [2.75, 3.05) is 17.7 Å². The summed E-state index contributed by atoms with van der Waals surface area (Å²) >= 11 is 13.2. The Balaban J connectivity index is 1.66. The lowest BCUT2D eigenvalue weighted by atomic mass is 10.3. The van der Waals surface area contributed by atoms with Crippen molar-refractivity contribution in [1.82, 2.24) is 4.98 Å². The van der Waals surface area contributed by atoms with E-state index in [1.54, 1.807) is 36.4 Å². The first-order valence-corrected chi connectivity index (χ1v) is 8.12. The number of anilines is 2. The van der Waals surface area contributed by atoms with Gasteiger partial charge in [-0.05, 0) is 36.4 Å². The number of halogens is 2. The molecule has 0 radical (unpaired) electrons. The Morgan fingerprint density at radius 2 is 2.00 bits per heavy atom. The van der Waals surface area contributed by atoms with Crippen molar-refractivity contribution in [2.24, 2.45) is 0 Å². The summed E-state index contributed by atoms with van der Waals surface area (Å²) in [7, 11) is 0. The van der Waals surface area contributed by atoms with Gasteiger partial charge in [-0.2, -0.15) is 0 Å². The number of carbonyl (C=O) groups is 1. The molecule has 0 saturated heterocycles. The van der Waals surface area contributed by atoms with Crippen molar-refractivity contribution in [1.29, 1.82) is 0 Å². The number of hydrogen-bond donors (Lipinski definition) is 2. The Morgan fingerprint density at radius 1 is 1.26 bits per heavy atom. The molecule has 0 aliphatic rings. The van der Waals surface area contributed by atoms with Crippen LogP contribution in [0.4, 0.5) is 10.8 Å². The van der Waals surface area contributed by atoms with Crippen molar-refractivity contribution < 1.29 is 9.53 Å². The summed E-state index contributed by atoms with van der Waals surface area (Å²) in [5, 5.41) is 4.20. The molecule has 2 aromatic carbocycles. The second-order valence-corrected chi connectivity index (χ2v) is 6.55. The average molecular weight is 368 g/mol. The SMILES string of the molecule is Nc1nc2c(Cl)cc(NC(=O)COc3ccc(Cl)cc3)cc2s1. The molecule has 1 amide bonds. The first-order chi connectivity index (χ1) is 11.0. The molecule has 3 aromatic rings. The number of nitrogens with one attached hydrogen (secondary N) is 1. The maximum atomic E-state index is 12.0. The maximum absolute atomic E-state index is 12.0. The Kier molecular flexibility index (Phi) is 4.56. The fourth-order valence-electron chi connectivity index (χ4n) is 1.95. The van der Waals surface area contributed by atoms with Crippen LogP contribution in [0.25, 0.3) is 10.2 Å². The maximum Gasteiger partial charge on any atom is 0.262 e. The summed E-state index contributed by atoms with van der Waals surface area (Å²) in [5.41, 5.74) is 6.86. The zero-order chi connectivity index (χ0) is 16.4. The minimum atomic E-state index is -0.298. The van der Waals surface area contributed by atoms with Crippen LogP contribution < -0.4 is 15.8 Å². The third-order valence-electron chi connectivity index (χ3n) is 2.93. The lowest BCUT2D eigenvalue weighted by molar-refractivity contribution is -0.118. The quantitative estimate of drug-likeness (QED) is 0.724. The van der Waals surface area contributed by atoms with Crippen LogP contribution in [0.1, 0.15) is 0 Å². The highest BCUT2D eigenvalue weighted by Crippen LogP contribution is 2.32. The molecule has 0 aliphatic heterocycles. The number of hydrogen-bond acceptors (Lipinski definition) is 5. The van der Waals surface area contributed by atoms with Gasteiger partial charge in [0.25, 0.3) is 5.91 Å². The second kappa shape index (κ2) is 6.62. The van der Waals surface area contributed by atoms with E-state index in [1.807, 2.05) is 0 Å². The molecule has 0 saturated carbocycles. The Morgan fingerprint density at radius 3 is 2.74 bits per heavy atom. The van der Waals surface area contributed by atoms with Crippen LogP contribution in [0.5, 0.6) is 5.75 Å². The summed E-state index contributed by atoms with van der Waals surface area (Å²) in [4.78, 5) is 16.1. The molecule has 5 nitrogen and oxygen atoms in total. The van der Waals surface area contributed by atoms with Crippen LogP contribution in [-0.2, 0) is 4.79 Å². The van der Waals surface area contributed by atoms with Gasteiger partial charge >= 0.3 is 0 Å². The lowest BCUT2D eigenvalue weighted by Gasteiger charge is -2.08. The molecule has 0 fully saturated rings. The van der Waals surface area contributed by atoms with Gasteiger partial charge in [0.1, 0.15) is 11.3 Å². The number of benzene rings is 2. The van der Waals surface area contributed by atoms with Crippen LogP contribution in [0.3, 0.4) is 0 Å². The summed E-state index contributed by atoms with van der Waals surface area (Å²) in [6.07, 6.45) is 0. The molecule has 0 atom stereocenters. The molecule has 0 bridgehead atoms. The standard InChI is InChI=1S/C15H11Cl2N3O2S/c16-8-1-3-10(4-2-8)22-7-13(21)19-9-5-11(17)14-12(6-9)23-15(18)20-14/h1-6H,7H2,(H2,18,20)(H,19,21). The number of rotatable bonds is 4. The number of aromatic nitrogens is 1. The molecule has 118 valence electrons. The predicted octanol–water partition coefficient (Wildman–Crippen LogP) is 4.20. The van der Waals surface area contributed by atoms with Crippen molar-refractivity contribution in [3.05, 3.63) is 46.4 Å². The zero-order valence-electron chi connectivity index (χ0n) is 11.7. The van der Waals surface area contributed by atoms with Crippen LogP contribution in [0.15, 0.2) is 36.4 Å². The molecule has 1 heterocycles. The highest BCUT2D eigenvalue weighted by Gasteiger charge is 2.10. The minimum Gasteiger partial charge on any atom is -0.484 e. The first kappa shape index (κ1) is 15.9. The number of nitrogens with two attached hydrogens (primary N) is 1. The van der Waals surface area contributed by atoms with Gasteiger partial charge in [-0.15, -0.1) is 0 Å². The number of fused-ring (bicyclic) bond motifs is 1. The van der Waals surface area contributed by atoms with Crippen LogP contribution in [0, 0.1) is 0 Å². The molecular formula is C15H11Cl2N3O2S. The smallest absolute Gasteiger partial charge is 0.262 e. The second-order valence-electron chi connectivity index (χ2n) is 4.65. The summed E-state index contributed by atoms with van der Waals surface area (Å²) in [6.45, 7) is -0.123. The molecule has 0 spiro atoms. The first-order valence-electron chi connectivity index (χ1n) is 6.55. The van der Waals surface area contributed by atoms with Crippen LogP contribution in [-0.4, -0.2) is 17.5 Å². The van der Waals surface area contributed by atoms with E-state index in [1.165, 1.54) is 11.3 Å². The molecule has 8 heteroatoms. The van der Waals surface area contributed by atoms with E-state index >= 15 is 0 Å². The van der Waals surface area contributed by atoms with E-state index in [2.05, 4.69) is 10.3 Å². The van der Waals surface area contributed by atoms with E-state index in [4.69, 9.17) is 33.7 Å². The summed E-state index contributed by atoms with van der Waals surface area (Å²) in [6, 6.07) is 10.2. The van der Waals surface area contributed by atoms with Gasteiger partial charge in [0, 0.05) is 10.7 Å². The largest absolute Gasteiger partial charge is 0.484 e. The summed E-state index contributed by atoms with van der Waals surface area (Å²) < 4.78 is 6.19. The Bertz CT molecular complexity index is 865. The summed E-state index contributed by atoms with van der Waals surface area (Å²) in [5.74, 6) is 0.265. The molecule has 0 unspecified atom stereocenters. The number of thiazole rings is 1. The number of amides is 1. The van der Waals surface area contributed by atoms with Crippen LogP contribution in [0.2, 0.25) is 10.0 Å². The van der Waals surface area contributed by atoms with E-state index in [9.17, 15) is 4.79 Å². The molecule has 1 aromatic heterocycles. The predicted molar refractivity (Wildman–Crippen MR) is 94.6 cm³/mol. The van der Waals surface area contributed by atoms with Gasteiger partial charge in [0.05, 0.1) is 9.72 Å².